The van der Waals surface area contributed by atoms with Gasteiger partial charge >= 0.3 is 5.97 Å². The van der Waals surface area contributed by atoms with E-state index < -0.39 is 36.0 Å². The van der Waals surface area contributed by atoms with Crippen molar-refractivity contribution in [1.29, 1.82) is 0 Å². The van der Waals surface area contributed by atoms with Gasteiger partial charge in [0.2, 0.25) is 0 Å². The Labute approximate surface area is 162 Å². The Balaban J connectivity index is 1.87. The van der Waals surface area contributed by atoms with Crippen LogP contribution in [0.3, 0.4) is 0 Å². The highest BCUT2D eigenvalue weighted by molar-refractivity contribution is 5.92. The van der Waals surface area contributed by atoms with Crippen molar-refractivity contribution in [3.05, 3.63) is 60.2 Å². The number of aliphatic carboxylic acids is 1. The Morgan fingerprint density at radius 1 is 1.04 bits per heavy atom. The lowest BCUT2D eigenvalue weighted by atomic mass is 10.0. The van der Waals surface area contributed by atoms with E-state index in [-0.39, 0.29) is 18.9 Å². The second-order valence-corrected chi connectivity index (χ2v) is 6.53. The zero-order valence-electron chi connectivity index (χ0n) is 15.2. The minimum atomic E-state index is -2.08. The van der Waals surface area contributed by atoms with Crippen molar-refractivity contribution in [3.63, 3.8) is 0 Å². The molecule has 1 aliphatic rings. The van der Waals surface area contributed by atoms with E-state index in [1.165, 1.54) is 0 Å². The highest BCUT2D eigenvalue weighted by Crippen LogP contribution is 2.10. The summed E-state index contributed by atoms with van der Waals surface area (Å²) >= 11 is 0. The number of amides is 2. The van der Waals surface area contributed by atoms with Gasteiger partial charge in [-0.25, -0.2) is 4.79 Å². The molecule has 8 nitrogen and oxygen atoms in total. The zero-order chi connectivity index (χ0) is 20.5. The molecule has 0 saturated carbocycles. The van der Waals surface area contributed by atoms with Gasteiger partial charge in [-0.3, -0.25) is 9.59 Å². The fourth-order valence-corrected chi connectivity index (χ4v) is 2.71. The van der Waals surface area contributed by atoms with Crippen LogP contribution >= 0.6 is 0 Å². The van der Waals surface area contributed by atoms with Gasteiger partial charge in [0.05, 0.1) is 0 Å². The van der Waals surface area contributed by atoms with Crippen molar-refractivity contribution in [3.8, 4) is 0 Å². The summed E-state index contributed by atoms with van der Waals surface area (Å²) in [4.78, 5) is 35.5. The number of benzene rings is 1. The molecular formula is C20H24N2O6. The van der Waals surface area contributed by atoms with Crippen LogP contribution in [0.4, 0.5) is 0 Å². The van der Waals surface area contributed by atoms with Crippen LogP contribution in [-0.2, 0) is 20.8 Å². The van der Waals surface area contributed by atoms with Gasteiger partial charge in [-0.2, -0.15) is 0 Å². The minimum absolute atomic E-state index is 0.00153. The fraction of sp³-hybridized carbons (Fsp3) is 0.350. The SMILES string of the molecule is O=C(O)[C@H](Cc1ccccc1)NC(=O)[C@H](O)[C@@H](O)C(=O)NCC1C=CC=CC1. The van der Waals surface area contributed by atoms with E-state index in [1.807, 2.05) is 24.3 Å². The number of nitrogens with one attached hydrogen (secondary N) is 2. The lowest BCUT2D eigenvalue weighted by molar-refractivity contribution is -0.149. The Bertz CT molecular complexity index is 746. The van der Waals surface area contributed by atoms with E-state index in [4.69, 9.17) is 0 Å². The predicted octanol–water partition coefficient (Wildman–Crippen LogP) is -0.231. The van der Waals surface area contributed by atoms with Gasteiger partial charge in [0, 0.05) is 13.0 Å². The first-order valence-corrected chi connectivity index (χ1v) is 8.92. The quantitative estimate of drug-likeness (QED) is 0.396. The highest BCUT2D eigenvalue weighted by atomic mass is 16.4. The number of carboxylic acids is 1. The van der Waals surface area contributed by atoms with Crippen molar-refractivity contribution in [2.75, 3.05) is 6.54 Å². The van der Waals surface area contributed by atoms with E-state index >= 15 is 0 Å². The van der Waals surface area contributed by atoms with Gasteiger partial charge in [0.1, 0.15) is 6.04 Å². The maximum absolute atomic E-state index is 12.1. The average molecular weight is 388 g/mol. The van der Waals surface area contributed by atoms with Gasteiger partial charge in [-0.05, 0) is 17.9 Å². The van der Waals surface area contributed by atoms with E-state index in [0.717, 1.165) is 6.42 Å². The number of carbonyl (C=O) groups is 3. The van der Waals surface area contributed by atoms with Crippen LogP contribution in [0.25, 0.3) is 0 Å². The molecule has 0 heterocycles. The largest absolute Gasteiger partial charge is 0.480 e. The summed E-state index contributed by atoms with van der Waals surface area (Å²) < 4.78 is 0. The maximum Gasteiger partial charge on any atom is 0.326 e. The Kier molecular flexibility index (Phi) is 7.91. The standard InChI is InChI=1S/C20H24N2O6/c23-16(18(25)21-12-14-9-5-2-6-10-14)17(24)19(26)22-15(20(27)28)11-13-7-3-1-4-8-13/h1-9,14-17,23-24H,10-12H2,(H,21,25)(H,22,26)(H,27,28)/t14?,15-,16+,17+/m0/s1. The molecule has 150 valence electrons. The maximum atomic E-state index is 12.1. The molecule has 0 bridgehead atoms. The van der Waals surface area contributed by atoms with Crippen LogP contribution in [0.2, 0.25) is 0 Å². The number of rotatable bonds is 9. The first kappa shape index (κ1) is 21.3. The lowest BCUT2D eigenvalue weighted by Gasteiger charge is -2.21. The topological polar surface area (TPSA) is 136 Å². The smallest absolute Gasteiger partial charge is 0.326 e. The van der Waals surface area contributed by atoms with E-state index in [0.29, 0.717) is 5.56 Å². The molecule has 0 spiro atoms. The second-order valence-electron chi connectivity index (χ2n) is 6.53. The molecule has 8 heteroatoms. The van der Waals surface area contributed by atoms with Gasteiger partial charge in [-0.1, -0.05) is 54.6 Å². The second kappa shape index (κ2) is 10.4. The summed E-state index contributed by atoms with van der Waals surface area (Å²) in [6.45, 7) is 0.247. The van der Waals surface area contributed by atoms with Crippen molar-refractivity contribution in [2.24, 2.45) is 5.92 Å². The third kappa shape index (κ3) is 6.33. The Morgan fingerprint density at radius 2 is 1.71 bits per heavy atom. The molecular weight excluding hydrogens is 364 g/mol. The van der Waals surface area contributed by atoms with Crippen LogP contribution in [0.1, 0.15) is 12.0 Å². The van der Waals surface area contributed by atoms with Crippen molar-refractivity contribution < 1.29 is 29.7 Å². The van der Waals surface area contributed by atoms with Crippen molar-refractivity contribution in [1.82, 2.24) is 10.6 Å². The molecule has 0 fully saturated rings. The van der Waals surface area contributed by atoms with E-state index in [1.54, 1.807) is 30.3 Å². The number of carbonyl (C=O) groups excluding carboxylic acids is 2. The molecule has 28 heavy (non-hydrogen) atoms. The molecule has 1 aromatic carbocycles. The highest BCUT2D eigenvalue weighted by Gasteiger charge is 2.33. The molecule has 2 rings (SSSR count). The van der Waals surface area contributed by atoms with Gasteiger partial charge in [0.15, 0.2) is 12.2 Å². The third-order valence-electron chi connectivity index (χ3n) is 4.34. The Hall–Kier alpha value is -2.97. The molecule has 0 radical (unpaired) electrons. The number of hydrogen-bond donors (Lipinski definition) is 5. The average Bonchev–Trinajstić information content (AvgIpc) is 2.71. The molecule has 0 saturated heterocycles. The lowest BCUT2D eigenvalue weighted by Crippen LogP contribution is -2.53. The van der Waals surface area contributed by atoms with Crippen LogP contribution in [-0.4, -0.2) is 57.9 Å². The fourth-order valence-electron chi connectivity index (χ4n) is 2.71. The molecule has 2 amide bonds. The van der Waals surface area contributed by atoms with Gasteiger partial charge < -0.3 is 26.0 Å². The molecule has 4 atom stereocenters. The van der Waals surface area contributed by atoms with Gasteiger partial charge in [-0.15, -0.1) is 0 Å². The summed E-state index contributed by atoms with van der Waals surface area (Å²) in [5, 5.41) is 33.8. The van der Waals surface area contributed by atoms with Gasteiger partial charge in [0.25, 0.3) is 11.8 Å². The van der Waals surface area contributed by atoms with Crippen LogP contribution in [0, 0.1) is 5.92 Å². The molecule has 0 aliphatic heterocycles. The normalized spacial score (nSPS) is 18.7. The zero-order valence-corrected chi connectivity index (χ0v) is 15.2. The monoisotopic (exact) mass is 388 g/mol. The molecule has 0 aromatic heterocycles. The number of carboxylic acid groups (broad SMARTS) is 1. The molecule has 1 aliphatic carbocycles. The van der Waals surface area contributed by atoms with Crippen molar-refractivity contribution in [2.45, 2.75) is 31.1 Å². The van der Waals surface area contributed by atoms with Crippen LogP contribution in [0.15, 0.2) is 54.6 Å². The molecule has 5 N–H and O–H groups in total. The Morgan fingerprint density at radius 3 is 2.32 bits per heavy atom. The molecule has 1 aromatic rings. The summed E-state index contributed by atoms with van der Waals surface area (Å²) in [6, 6.07) is 7.34. The summed E-state index contributed by atoms with van der Waals surface area (Å²) in [6.07, 6.45) is 4.21. The van der Waals surface area contributed by atoms with E-state index in [9.17, 15) is 29.7 Å². The minimum Gasteiger partial charge on any atom is -0.480 e. The predicted molar refractivity (Wildman–Crippen MR) is 101 cm³/mol. The number of allylic oxidation sites excluding steroid dienone is 3. The van der Waals surface area contributed by atoms with Crippen molar-refractivity contribution >= 4 is 17.8 Å². The first-order chi connectivity index (χ1) is 13.4. The summed E-state index contributed by atoms with van der Waals surface area (Å²) in [5.41, 5.74) is 0.678. The number of aliphatic hydroxyl groups is 2. The molecule has 1 unspecified atom stereocenters. The van der Waals surface area contributed by atoms with E-state index in [2.05, 4.69) is 10.6 Å². The number of aliphatic hydroxyl groups excluding tert-OH is 2. The summed E-state index contributed by atoms with van der Waals surface area (Å²) in [7, 11) is 0. The number of hydrogen-bond acceptors (Lipinski definition) is 5. The van der Waals surface area contributed by atoms with Crippen LogP contribution < -0.4 is 10.6 Å². The third-order valence-corrected chi connectivity index (χ3v) is 4.34. The summed E-state index contributed by atoms with van der Waals surface area (Å²) in [5.74, 6) is -3.26. The van der Waals surface area contributed by atoms with Crippen LogP contribution in [0.5, 0.6) is 0 Å². The first-order valence-electron chi connectivity index (χ1n) is 8.92.